The van der Waals surface area contributed by atoms with Crippen LogP contribution in [0.2, 0.25) is 0 Å². The summed E-state index contributed by atoms with van der Waals surface area (Å²) in [5, 5.41) is 0. The van der Waals surface area contributed by atoms with Crippen LogP contribution in [0.25, 0.3) is 0 Å². The van der Waals surface area contributed by atoms with Gasteiger partial charge in [0.15, 0.2) is 0 Å². The molecule has 1 saturated heterocycles. The molecule has 1 aliphatic rings. The van der Waals surface area contributed by atoms with Gasteiger partial charge in [-0.15, -0.1) is 0 Å². The first kappa shape index (κ1) is 28.5. The minimum atomic E-state index is -3.40. The maximum Gasteiger partial charge on any atom is 0.229 e. The summed E-state index contributed by atoms with van der Waals surface area (Å²) in [6.45, 7) is 5.45. The van der Waals surface area contributed by atoms with Crippen LogP contribution in [0.4, 0.5) is 11.4 Å². The Kier molecular flexibility index (Phi) is 9.11. The summed E-state index contributed by atoms with van der Waals surface area (Å²) in [6.07, 6.45) is 2.20. The molecule has 0 radical (unpaired) electrons. The van der Waals surface area contributed by atoms with Gasteiger partial charge in [-0.3, -0.25) is 4.72 Å². The molecule has 1 N–H and O–H groups in total. The average molecular weight is 573 g/mol. The van der Waals surface area contributed by atoms with Gasteiger partial charge >= 0.3 is 0 Å². The Hall–Kier alpha value is -4.01. The van der Waals surface area contributed by atoms with Crippen LogP contribution < -0.4 is 19.1 Å². The van der Waals surface area contributed by atoms with Gasteiger partial charge in [0.05, 0.1) is 25.2 Å². The van der Waals surface area contributed by atoms with E-state index in [-0.39, 0.29) is 0 Å². The summed E-state index contributed by atoms with van der Waals surface area (Å²) in [5.41, 5.74) is 4.68. The molecule has 214 valence electrons. The number of ether oxygens (including phenoxy) is 3. The molecule has 1 atom stereocenters. The number of hydrogen-bond donors (Lipinski definition) is 1. The molecule has 0 aliphatic carbocycles. The summed E-state index contributed by atoms with van der Waals surface area (Å²) in [6, 6.07) is 31.7. The van der Waals surface area contributed by atoms with Crippen molar-refractivity contribution in [3.05, 3.63) is 114 Å². The lowest BCUT2D eigenvalue weighted by molar-refractivity contribution is 0.167. The van der Waals surface area contributed by atoms with Gasteiger partial charge in [0.25, 0.3) is 0 Å². The first-order valence-electron chi connectivity index (χ1n) is 13.8. The van der Waals surface area contributed by atoms with Crippen LogP contribution >= 0.6 is 0 Å². The lowest BCUT2D eigenvalue weighted by Crippen LogP contribution is -2.23. The topological polar surface area (TPSA) is 77.1 Å². The minimum Gasteiger partial charge on any atom is -0.493 e. The van der Waals surface area contributed by atoms with Gasteiger partial charge in [0, 0.05) is 37.4 Å². The molecule has 4 aromatic carbocycles. The van der Waals surface area contributed by atoms with Gasteiger partial charge in [0.2, 0.25) is 10.0 Å². The highest BCUT2D eigenvalue weighted by Gasteiger charge is 2.17. The van der Waals surface area contributed by atoms with E-state index in [2.05, 4.69) is 33.9 Å². The highest BCUT2D eigenvalue weighted by Crippen LogP contribution is 2.31. The molecule has 1 fully saturated rings. The third kappa shape index (κ3) is 8.25. The van der Waals surface area contributed by atoms with E-state index in [1.54, 1.807) is 6.07 Å². The molecule has 0 saturated carbocycles. The number of sulfonamides is 1. The molecule has 4 aromatic rings. The van der Waals surface area contributed by atoms with Crippen molar-refractivity contribution < 1.29 is 22.6 Å². The smallest absolute Gasteiger partial charge is 0.229 e. The molecule has 0 amide bonds. The second-order valence-corrected chi connectivity index (χ2v) is 12.2. The maximum atomic E-state index is 11.9. The Bertz CT molecular complexity index is 1540. The third-order valence-corrected chi connectivity index (χ3v) is 7.60. The Labute approximate surface area is 242 Å². The van der Waals surface area contributed by atoms with Crippen molar-refractivity contribution in [2.75, 3.05) is 35.7 Å². The summed E-state index contributed by atoms with van der Waals surface area (Å²) >= 11 is 0. The van der Waals surface area contributed by atoms with Gasteiger partial charge in [-0.25, -0.2) is 8.42 Å². The van der Waals surface area contributed by atoms with Gasteiger partial charge in [0.1, 0.15) is 17.2 Å². The SMILES string of the molecule is Cc1c(NS(C)(=O)=O)cccc1N(Cc1ccccc1)Cc1ccc(Oc2cccc(OCC3CCOC3)c2)cc1. The molecular formula is C33H36N2O5S. The van der Waals surface area contributed by atoms with Gasteiger partial charge in [-0.1, -0.05) is 54.6 Å². The number of nitrogens with zero attached hydrogens (tertiary/aromatic N) is 1. The molecule has 41 heavy (non-hydrogen) atoms. The molecule has 1 aliphatic heterocycles. The van der Waals surface area contributed by atoms with Crippen LogP contribution in [0.3, 0.4) is 0 Å². The summed E-state index contributed by atoms with van der Waals surface area (Å²) in [7, 11) is -3.40. The van der Waals surface area contributed by atoms with Gasteiger partial charge in [-0.2, -0.15) is 0 Å². The summed E-state index contributed by atoms with van der Waals surface area (Å²) in [4.78, 5) is 2.25. The predicted octanol–water partition coefficient (Wildman–Crippen LogP) is 6.78. The molecule has 0 aromatic heterocycles. The zero-order valence-electron chi connectivity index (χ0n) is 23.5. The van der Waals surface area contributed by atoms with Crippen molar-refractivity contribution in [3.8, 4) is 17.2 Å². The first-order chi connectivity index (χ1) is 19.8. The van der Waals surface area contributed by atoms with Gasteiger partial charge < -0.3 is 19.1 Å². The van der Waals surface area contributed by atoms with Crippen LogP contribution in [-0.2, 0) is 27.8 Å². The van der Waals surface area contributed by atoms with Crippen LogP contribution in [0.15, 0.2) is 97.1 Å². The van der Waals surface area contributed by atoms with E-state index in [1.165, 1.54) is 6.26 Å². The Balaban J connectivity index is 1.30. The van der Waals surface area contributed by atoms with E-state index in [1.807, 2.05) is 73.7 Å². The number of rotatable bonds is 12. The number of nitrogens with one attached hydrogen (secondary N) is 1. The highest BCUT2D eigenvalue weighted by atomic mass is 32.2. The molecule has 1 unspecified atom stereocenters. The lowest BCUT2D eigenvalue weighted by Gasteiger charge is -2.28. The summed E-state index contributed by atoms with van der Waals surface area (Å²) in [5.74, 6) is 2.68. The zero-order valence-corrected chi connectivity index (χ0v) is 24.3. The van der Waals surface area contributed by atoms with E-state index >= 15 is 0 Å². The Morgan fingerprint density at radius 2 is 1.56 bits per heavy atom. The van der Waals surface area contributed by atoms with E-state index in [4.69, 9.17) is 14.2 Å². The van der Waals surface area contributed by atoms with Crippen molar-refractivity contribution in [2.24, 2.45) is 5.92 Å². The van der Waals surface area contributed by atoms with Crippen LogP contribution in [0.1, 0.15) is 23.1 Å². The maximum absolute atomic E-state index is 11.9. The van der Waals surface area contributed by atoms with Crippen molar-refractivity contribution in [1.82, 2.24) is 0 Å². The fraction of sp³-hybridized carbons (Fsp3) is 0.273. The van der Waals surface area contributed by atoms with E-state index in [0.29, 0.717) is 31.3 Å². The fourth-order valence-corrected chi connectivity index (χ4v) is 5.50. The molecule has 5 rings (SSSR count). The normalized spacial score (nSPS) is 14.9. The molecule has 0 bridgehead atoms. The lowest BCUT2D eigenvalue weighted by atomic mass is 10.1. The molecule has 1 heterocycles. The third-order valence-electron chi connectivity index (χ3n) is 7.01. The van der Waals surface area contributed by atoms with Crippen molar-refractivity contribution in [3.63, 3.8) is 0 Å². The summed E-state index contributed by atoms with van der Waals surface area (Å²) < 4.78 is 44.0. The Morgan fingerprint density at radius 3 is 2.27 bits per heavy atom. The van der Waals surface area contributed by atoms with Crippen LogP contribution in [0, 0.1) is 12.8 Å². The fourth-order valence-electron chi connectivity index (χ4n) is 4.88. The highest BCUT2D eigenvalue weighted by molar-refractivity contribution is 7.92. The standard InChI is InChI=1S/C33H36N2O5S/c1-25-32(34-41(2,36)37)12-7-13-33(25)35(21-26-8-4-3-5-9-26)22-27-14-16-29(17-15-27)40-31-11-6-10-30(20-31)39-24-28-18-19-38-23-28/h3-17,20,28,34H,18-19,21-24H2,1-2H3. The first-order valence-corrected chi connectivity index (χ1v) is 15.7. The molecule has 0 spiro atoms. The second kappa shape index (κ2) is 13.1. The molecule has 7 nitrogen and oxygen atoms in total. The molecular weight excluding hydrogens is 536 g/mol. The minimum absolute atomic E-state index is 0.441. The van der Waals surface area contributed by atoms with Crippen molar-refractivity contribution in [2.45, 2.75) is 26.4 Å². The molecule has 8 heteroatoms. The largest absolute Gasteiger partial charge is 0.493 e. The predicted molar refractivity (Wildman–Crippen MR) is 163 cm³/mol. The number of hydrogen-bond acceptors (Lipinski definition) is 6. The van der Waals surface area contributed by atoms with Crippen molar-refractivity contribution in [1.29, 1.82) is 0 Å². The van der Waals surface area contributed by atoms with Crippen LogP contribution in [0.5, 0.6) is 17.2 Å². The van der Waals surface area contributed by atoms with Gasteiger partial charge in [-0.05, 0) is 66.4 Å². The number of anilines is 2. The van der Waals surface area contributed by atoms with Crippen LogP contribution in [-0.4, -0.2) is 34.5 Å². The monoisotopic (exact) mass is 572 g/mol. The average Bonchev–Trinajstić information content (AvgIpc) is 3.48. The number of benzene rings is 4. The Morgan fingerprint density at radius 1 is 0.854 bits per heavy atom. The van der Waals surface area contributed by atoms with E-state index < -0.39 is 10.0 Å². The quantitative estimate of drug-likeness (QED) is 0.202. The van der Waals surface area contributed by atoms with E-state index in [0.717, 1.165) is 59.3 Å². The zero-order chi connectivity index (χ0) is 28.7. The van der Waals surface area contributed by atoms with E-state index in [9.17, 15) is 8.42 Å². The van der Waals surface area contributed by atoms with Crippen molar-refractivity contribution >= 4 is 21.4 Å². The second-order valence-electron chi connectivity index (χ2n) is 10.4.